The fraction of sp³-hybridized carbons (Fsp3) is 0.600. The molecule has 5 heteroatoms. The normalized spacial score (nSPS) is 21.3. The van der Waals surface area contributed by atoms with Crippen molar-refractivity contribution in [3.8, 4) is 0 Å². The van der Waals surface area contributed by atoms with E-state index in [0.29, 0.717) is 6.54 Å². The van der Waals surface area contributed by atoms with E-state index in [0.717, 1.165) is 5.70 Å². The van der Waals surface area contributed by atoms with Gasteiger partial charge in [0.15, 0.2) is 0 Å². The lowest BCUT2D eigenvalue weighted by Gasteiger charge is -2.05. The topological polar surface area (TPSA) is 88.8 Å². The molecule has 0 fully saturated rings. The minimum absolute atomic E-state index is 0.652. The summed E-state index contributed by atoms with van der Waals surface area (Å²) in [7, 11) is 1.82. The highest BCUT2D eigenvalue weighted by Gasteiger charge is 2.20. The van der Waals surface area contributed by atoms with Gasteiger partial charge >= 0.3 is 0 Å². The molecule has 0 atom stereocenters. The molecule has 0 unspecified atom stereocenters. The summed E-state index contributed by atoms with van der Waals surface area (Å²) in [6.07, 6.45) is 1.63. The Morgan fingerprint density at radius 3 is 2.80 bits per heavy atom. The Morgan fingerprint density at radius 1 is 1.70 bits per heavy atom. The summed E-state index contributed by atoms with van der Waals surface area (Å²) in [6.45, 7) is 0.652. The van der Waals surface area contributed by atoms with Gasteiger partial charge in [0.1, 0.15) is 0 Å². The summed E-state index contributed by atoms with van der Waals surface area (Å²) in [5.74, 6) is -1.08. The maximum atomic E-state index is 5.41. The van der Waals surface area contributed by atoms with Gasteiger partial charge in [-0.1, -0.05) is 0 Å². The molecule has 0 spiro atoms. The van der Waals surface area contributed by atoms with E-state index in [2.05, 4.69) is 15.5 Å². The molecule has 0 aromatic carbocycles. The Balaban J connectivity index is 2.59. The van der Waals surface area contributed by atoms with Crippen LogP contribution >= 0.6 is 0 Å². The molecule has 0 saturated carbocycles. The monoisotopic (exact) mass is 141 g/mol. The quantitative estimate of drug-likeness (QED) is 0.436. The Kier molecular flexibility index (Phi) is 1.80. The van der Waals surface area contributed by atoms with Crippen LogP contribution in [-0.4, -0.2) is 19.4 Å². The van der Waals surface area contributed by atoms with Crippen molar-refractivity contribution in [1.29, 1.82) is 0 Å². The molecule has 0 amide bonds. The van der Waals surface area contributed by atoms with Crippen molar-refractivity contribution in [3.05, 3.63) is 11.8 Å². The van der Waals surface area contributed by atoms with Crippen LogP contribution in [0, 0.1) is 0 Å². The average Bonchev–Trinajstić information content (AvgIpc) is 2.12. The number of hydrogen-bond acceptors (Lipinski definition) is 5. The molecule has 1 rings (SSSR count). The SMILES string of the molecule is CNCC1=CC(N)(N)N=N1. The van der Waals surface area contributed by atoms with Crippen LogP contribution in [0.3, 0.4) is 0 Å². The van der Waals surface area contributed by atoms with Gasteiger partial charge in [0.25, 0.3) is 0 Å². The minimum atomic E-state index is -1.08. The van der Waals surface area contributed by atoms with Gasteiger partial charge in [-0.05, 0) is 13.1 Å². The van der Waals surface area contributed by atoms with Crippen LogP contribution in [0.25, 0.3) is 0 Å². The first-order valence-electron chi connectivity index (χ1n) is 3.01. The van der Waals surface area contributed by atoms with Crippen LogP contribution in [0.2, 0.25) is 0 Å². The second kappa shape index (κ2) is 2.45. The molecule has 5 nitrogen and oxygen atoms in total. The lowest BCUT2D eigenvalue weighted by Crippen LogP contribution is -2.43. The first-order valence-corrected chi connectivity index (χ1v) is 3.01. The van der Waals surface area contributed by atoms with Gasteiger partial charge < -0.3 is 5.32 Å². The van der Waals surface area contributed by atoms with Crippen LogP contribution in [0.15, 0.2) is 22.0 Å². The highest BCUT2D eigenvalue weighted by molar-refractivity contribution is 5.14. The van der Waals surface area contributed by atoms with Crippen LogP contribution in [-0.2, 0) is 0 Å². The highest BCUT2D eigenvalue weighted by Crippen LogP contribution is 2.12. The third-order valence-corrected chi connectivity index (χ3v) is 1.11. The van der Waals surface area contributed by atoms with Crippen LogP contribution in [0.1, 0.15) is 0 Å². The number of rotatable bonds is 2. The molecule has 1 aliphatic rings. The molecule has 1 aliphatic heterocycles. The van der Waals surface area contributed by atoms with Gasteiger partial charge in [-0.2, -0.15) is 5.11 Å². The largest absolute Gasteiger partial charge is 0.314 e. The maximum absolute atomic E-state index is 5.41. The second-order valence-electron chi connectivity index (χ2n) is 2.25. The molecule has 0 saturated heterocycles. The van der Waals surface area contributed by atoms with Crippen molar-refractivity contribution in [2.24, 2.45) is 21.7 Å². The molecule has 0 aromatic rings. The van der Waals surface area contributed by atoms with E-state index < -0.39 is 5.79 Å². The summed E-state index contributed by atoms with van der Waals surface area (Å²) in [5, 5.41) is 10.3. The third kappa shape index (κ3) is 1.60. The molecule has 0 bridgehead atoms. The molecule has 10 heavy (non-hydrogen) atoms. The molecular weight excluding hydrogens is 130 g/mol. The first-order chi connectivity index (χ1) is 4.64. The first kappa shape index (κ1) is 7.33. The van der Waals surface area contributed by atoms with E-state index >= 15 is 0 Å². The third-order valence-electron chi connectivity index (χ3n) is 1.11. The lowest BCUT2D eigenvalue weighted by molar-refractivity contribution is 0.576. The minimum Gasteiger partial charge on any atom is -0.314 e. The number of hydrogen-bond donors (Lipinski definition) is 3. The van der Waals surface area contributed by atoms with Crippen LogP contribution in [0.4, 0.5) is 0 Å². The highest BCUT2D eigenvalue weighted by atomic mass is 15.3. The number of nitrogens with one attached hydrogen (secondary N) is 1. The zero-order chi connectivity index (χ0) is 7.61. The van der Waals surface area contributed by atoms with Crippen molar-refractivity contribution in [1.82, 2.24) is 5.32 Å². The zero-order valence-electron chi connectivity index (χ0n) is 5.83. The molecule has 1 heterocycles. The predicted octanol–water partition coefficient (Wildman–Crippen LogP) is -0.873. The van der Waals surface area contributed by atoms with Crippen molar-refractivity contribution in [2.45, 2.75) is 5.79 Å². The maximum Gasteiger partial charge on any atom is 0.201 e. The van der Waals surface area contributed by atoms with E-state index in [1.165, 1.54) is 0 Å². The smallest absolute Gasteiger partial charge is 0.201 e. The molecular formula is C5H11N5. The fourth-order valence-electron chi connectivity index (χ4n) is 0.743. The van der Waals surface area contributed by atoms with Crippen molar-refractivity contribution in [2.75, 3.05) is 13.6 Å². The Morgan fingerprint density at radius 2 is 2.40 bits per heavy atom. The van der Waals surface area contributed by atoms with E-state index in [4.69, 9.17) is 11.5 Å². The molecule has 0 radical (unpaired) electrons. The Bertz CT molecular complexity index is 180. The van der Waals surface area contributed by atoms with Crippen molar-refractivity contribution >= 4 is 0 Å². The van der Waals surface area contributed by atoms with Crippen molar-refractivity contribution in [3.63, 3.8) is 0 Å². The summed E-state index contributed by atoms with van der Waals surface area (Å²) in [5.41, 5.74) is 11.6. The second-order valence-corrected chi connectivity index (χ2v) is 2.25. The standard InChI is InChI=1S/C5H11N5/c1-8-3-4-2-5(6,7)10-9-4/h2,8H,3,6-7H2,1H3. The van der Waals surface area contributed by atoms with Gasteiger partial charge in [-0.25, -0.2) is 0 Å². The number of nitrogens with zero attached hydrogens (tertiary/aromatic N) is 2. The summed E-state index contributed by atoms with van der Waals surface area (Å²) in [6, 6.07) is 0. The molecule has 0 aromatic heterocycles. The summed E-state index contributed by atoms with van der Waals surface area (Å²) < 4.78 is 0. The van der Waals surface area contributed by atoms with Crippen LogP contribution in [0.5, 0.6) is 0 Å². The Labute approximate surface area is 59.2 Å². The van der Waals surface area contributed by atoms with E-state index in [1.807, 2.05) is 7.05 Å². The van der Waals surface area contributed by atoms with Gasteiger partial charge in [0.05, 0.1) is 5.70 Å². The molecule has 0 aliphatic carbocycles. The average molecular weight is 141 g/mol. The van der Waals surface area contributed by atoms with Gasteiger partial charge in [0, 0.05) is 6.54 Å². The van der Waals surface area contributed by atoms with E-state index in [1.54, 1.807) is 6.08 Å². The number of nitrogens with two attached hydrogens (primary N) is 2. The van der Waals surface area contributed by atoms with Gasteiger partial charge in [-0.15, -0.1) is 5.11 Å². The van der Waals surface area contributed by atoms with Gasteiger partial charge in [0.2, 0.25) is 5.79 Å². The number of azo groups is 1. The Hall–Kier alpha value is -0.780. The number of likely N-dealkylation sites (N-methyl/N-ethyl adjacent to an activating group) is 1. The molecule has 5 N–H and O–H groups in total. The van der Waals surface area contributed by atoms with Gasteiger partial charge in [-0.3, -0.25) is 11.5 Å². The van der Waals surface area contributed by atoms with E-state index in [-0.39, 0.29) is 0 Å². The molecule has 56 valence electrons. The summed E-state index contributed by atoms with van der Waals surface area (Å²) >= 11 is 0. The van der Waals surface area contributed by atoms with E-state index in [9.17, 15) is 0 Å². The van der Waals surface area contributed by atoms with Crippen LogP contribution < -0.4 is 16.8 Å². The fourth-order valence-corrected chi connectivity index (χ4v) is 0.743. The zero-order valence-corrected chi connectivity index (χ0v) is 5.83. The predicted molar refractivity (Wildman–Crippen MR) is 38.0 cm³/mol. The van der Waals surface area contributed by atoms with Crippen molar-refractivity contribution < 1.29 is 0 Å². The lowest BCUT2D eigenvalue weighted by atomic mass is 10.3. The summed E-state index contributed by atoms with van der Waals surface area (Å²) in [4.78, 5) is 0.